The molecule has 6 nitrogen and oxygen atoms in total. The Balaban J connectivity index is 1.49. The minimum absolute atomic E-state index is 0.197. The van der Waals surface area contributed by atoms with E-state index < -0.39 is 0 Å². The van der Waals surface area contributed by atoms with Crippen LogP contribution in [0.25, 0.3) is 17.2 Å². The number of hydrogen-bond acceptors (Lipinski definition) is 4. The Morgan fingerprint density at radius 1 is 1.14 bits per heavy atom. The molecule has 0 atom stereocenters. The molecule has 0 unspecified atom stereocenters. The summed E-state index contributed by atoms with van der Waals surface area (Å²) < 4.78 is 7.82. The van der Waals surface area contributed by atoms with Crippen LogP contribution < -0.4 is 10.3 Å². The predicted octanol–water partition coefficient (Wildman–Crippen LogP) is 4.61. The second-order valence-corrected chi connectivity index (χ2v) is 8.09. The van der Waals surface area contributed by atoms with Gasteiger partial charge in [-0.05, 0) is 53.2 Å². The molecule has 2 aromatic carbocycles. The summed E-state index contributed by atoms with van der Waals surface area (Å²) in [5.41, 5.74) is 3.69. The number of fused-ring (bicyclic) bond motifs is 1. The number of H-pyrrole nitrogens is 1. The molecule has 7 heteroatoms. The molecule has 0 saturated heterocycles. The lowest BCUT2D eigenvalue weighted by Gasteiger charge is -2.13. The number of rotatable bonds is 5. The molecule has 29 heavy (non-hydrogen) atoms. The first kappa shape index (κ1) is 18.1. The van der Waals surface area contributed by atoms with Crippen LogP contribution in [0.4, 0.5) is 0 Å². The van der Waals surface area contributed by atoms with Gasteiger partial charge in [-0.2, -0.15) is 9.50 Å². The van der Waals surface area contributed by atoms with Gasteiger partial charge < -0.3 is 4.74 Å². The Kier molecular flexibility index (Phi) is 4.47. The first-order valence-corrected chi connectivity index (χ1v) is 10.4. The number of aromatic nitrogens is 4. The summed E-state index contributed by atoms with van der Waals surface area (Å²) in [6, 6.07) is 15.7. The zero-order chi connectivity index (χ0) is 20.0. The lowest BCUT2D eigenvalue weighted by molar-refractivity contribution is 0.297. The van der Waals surface area contributed by atoms with Gasteiger partial charge in [0.2, 0.25) is 0 Å². The number of aromatic amines is 1. The molecule has 0 amide bonds. The monoisotopic (exact) mass is 450 g/mol. The van der Waals surface area contributed by atoms with E-state index in [0.717, 1.165) is 11.3 Å². The molecule has 0 spiro atoms. The Bertz CT molecular complexity index is 1260. The second-order valence-electron chi connectivity index (χ2n) is 7.30. The molecule has 146 valence electrons. The minimum Gasteiger partial charge on any atom is -0.487 e. The van der Waals surface area contributed by atoms with Crippen LogP contribution in [0.2, 0.25) is 0 Å². The summed E-state index contributed by atoms with van der Waals surface area (Å²) in [6.07, 6.45) is 2.40. The minimum atomic E-state index is -0.241. The van der Waals surface area contributed by atoms with Crippen LogP contribution in [-0.4, -0.2) is 19.6 Å². The lowest BCUT2D eigenvalue weighted by atomic mass is 10.0. The topological polar surface area (TPSA) is 72.3 Å². The molecule has 1 N–H and O–H groups in total. The maximum Gasteiger partial charge on any atom is 0.288 e. The number of aryl methyl sites for hydroxylation is 1. The third-order valence-electron chi connectivity index (χ3n) is 5.19. The van der Waals surface area contributed by atoms with Crippen LogP contribution >= 0.6 is 15.9 Å². The largest absolute Gasteiger partial charge is 0.487 e. The summed E-state index contributed by atoms with van der Waals surface area (Å²) in [5.74, 6) is 2.36. The van der Waals surface area contributed by atoms with E-state index in [1.807, 2.05) is 42.5 Å². The molecule has 1 fully saturated rings. The van der Waals surface area contributed by atoms with E-state index >= 15 is 0 Å². The van der Waals surface area contributed by atoms with E-state index in [4.69, 9.17) is 4.74 Å². The van der Waals surface area contributed by atoms with Crippen LogP contribution in [-0.2, 0) is 6.61 Å². The highest BCUT2D eigenvalue weighted by Crippen LogP contribution is 2.46. The number of benzene rings is 2. The van der Waals surface area contributed by atoms with Crippen LogP contribution in [0.15, 0.2) is 57.8 Å². The van der Waals surface area contributed by atoms with Gasteiger partial charge in [-0.3, -0.25) is 9.89 Å². The van der Waals surface area contributed by atoms with E-state index in [1.165, 1.54) is 28.5 Å². The molecular formula is C22H19BrN4O2. The highest BCUT2D eigenvalue weighted by molar-refractivity contribution is 9.10. The number of nitrogens with one attached hydrogen (secondary N) is 1. The Hall–Kier alpha value is -2.93. The van der Waals surface area contributed by atoms with E-state index in [-0.39, 0.29) is 12.2 Å². The third kappa shape index (κ3) is 3.35. The maximum atomic E-state index is 12.8. The molecule has 0 bridgehead atoms. The summed E-state index contributed by atoms with van der Waals surface area (Å²) in [6.45, 7) is 2.31. The number of nitrogens with zero attached hydrogens (tertiary/aromatic N) is 3. The van der Waals surface area contributed by atoms with Gasteiger partial charge in [0.05, 0.1) is 0 Å². The fourth-order valence-electron chi connectivity index (χ4n) is 3.58. The van der Waals surface area contributed by atoms with Gasteiger partial charge in [-0.25, -0.2) is 4.98 Å². The van der Waals surface area contributed by atoms with Gasteiger partial charge in [0.1, 0.15) is 22.5 Å². The molecule has 0 aliphatic heterocycles. The summed E-state index contributed by atoms with van der Waals surface area (Å²) in [7, 11) is 0. The highest BCUT2D eigenvalue weighted by Gasteiger charge is 2.28. The third-order valence-corrected chi connectivity index (χ3v) is 5.99. The van der Waals surface area contributed by atoms with Crippen molar-refractivity contribution in [2.24, 2.45) is 0 Å². The molecule has 5 rings (SSSR count). The van der Waals surface area contributed by atoms with E-state index in [1.54, 1.807) is 0 Å². The van der Waals surface area contributed by atoms with Crippen molar-refractivity contribution in [2.75, 3.05) is 0 Å². The molecule has 1 saturated carbocycles. The van der Waals surface area contributed by atoms with E-state index in [2.05, 4.69) is 44.0 Å². The Labute approximate surface area is 175 Å². The molecular weight excluding hydrogens is 432 g/mol. The fourth-order valence-corrected chi connectivity index (χ4v) is 3.96. The van der Waals surface area contributed by atoms with Crippen molar-refractivity contribution >= 4 is 21.7 Å². The predicted molar refractivity (Wildman–Crippen MR) is 114 cm³/mol. The number of hydrogen-bond donors (Lipinski definition) is 1. The van der Waals surface area contributed by atoms with Crippen LogP contribution in [0.1, 0.15) is 35.6 Å². The standard InChI is InChI=1S/C22H19BrN4O2/c1-13-6-5-9-17(18(13)14-10-11-14)29-12-16-19(23)21(28)27-22(24-16)25-20(26-27)15-7-3-2-4-8-15/h2-9,14H,10-12H2,1H3,(H,24,25,26). The van der Waals surface area contributed by atoms with Gasteiger partial charge in [-0.1, -0.05) is 42.5 Å². The molecule has 4 aromatic rings. The maximum absolute atomic E-state index is 12.8. The molecule has 1 aliphatic carbocycles. The molecule has 2 aromatic heterocycles. The van der Waals surface area contributed by atoms with Gasteiger partial charge in [0.15, 0.2) is 5.82 Å². The normalized spacial score (nSPS) is 13.7. The van der Waals surface area contributed by atoms with Gasteiger partial charge in [0.25, 0.3) is 11.3 Å². The Morgan fingerprint density at radius 3 is 2.69 bits per heavy atom. The van der Waals surface area contributed by atoms with Crippen molar-refractivity contribution < 1.29 is 4.74 Å². The van der Waals surface area contributed by atoms with Crippen LogP contribution in [0.5, 0.6) is 5.75 Å². The molecule has 2 heterocycles. The van der Waals surface area contributed by atoms with Crippen molar-refractivity contribution in [1.29, 1.82) is 0 Å². The number of ether oxygens (including phenoxy) is 1. The van der Waals surface area contributed by atoms with E-state index in [9.17, 15) is 4.79 Å². The average Bonchev–Trinajstić information content (AvgIpc) is 3.48. The first-order chi connectivity index (χ1) is 14.1. The van der Waals surface area contributed by atoms with Crippen molar-refractivity contribution in [2.45, 2.75) is 32.3 Å². The van der Waals surface area contributed by atoms with Gasteiger partial charge >= 0.3 is 0 Å². The van der Waals surface area contributed by atoms with Gasteiger partial charge in [-0.15, -0.1) is 0 Å². The molecule has 0 radical (unpaired) electrons. The fraction of sp³-hybridized carbons (Fsp3) is 0.227. The average molecular weight is 451 g/mol. The number of halogens is 1. The zero-order valence-corrected chi connectivity index (χ0v) is 17.4. The SMILES string of the molecule is Cc1cccc(OCc2nc3nc(-c4ccccc4)[nH]n3c(=O)c2Br)c1C1CC1. The van der Waals surface area contributed by atoms with Gasteiger partial charge in [0, 0.05) is 11.1 Å². The summed E-state index contributed by atoms with van der Waals surface area (Å²) in [5, 5.41) is 3.02. The lowest BCUT2D eigenvalue weighted by Crippen LogP contribution is -2.19. The smallest absolute Gasteiger partial charge is 0.288 e. The summed E-state index contributed by atoms with van der Waals surface area (Å²) >= 11 is 3.39. The Morgan fingerprint density at radius 2 is 1.93 bits per heavy atom. The molecule has 1 aliphatic rings. The van der Waals surface area contributed by atoms with Crippen molar-refractivity contribution in [3.8, 4) is 17.1 Å². The van der Waals surface area contributed by atoms with Crippen molar-refractivity contribution in [3.05, 3.63) is 80.2 Å². The quantitative estimate of drug-likeness (QED) is 0.481. The van der Waals surface area contributed by atoms with E-state index in [0.29, 0.717) is 27.7 Å². The zero-order valence-electron chi connectivity index (χ0n) is 15.9. The van der Waals surface area contributed by atoms with Crippen LogP contribution in [0.3, 0.4) is 0 Å². The van der Waals surface area contributed by atoms with Crippen LogP contribution in [0, 0.1) is 6.92 Å². The van der Waals surface area contributed by atoms with Crippen molar-refractivity contribution in [3.63, 3.8) is 0 Å². The van der Waals surface area contributed by atoms with Crippen molar-refractivity contribution in [1.82, 2.24) is 19.6 Å². The second kappa shape index (κ2) is 7.15. The highest BCUT2D eigenvalue weighted by atomic mass is 79.9. The first-order valence-electron chi connectivity index (χ1n) is 9.56. The summed E-state index contributed by atoms with van der Waals surface area (Å²) in [4.78, 5) is 21.8.